The summed E-state index contributed by atoms with van der Waals surface area (Å²) < 4.78 is 5.81. The van der Waals surface area contributed by atoms with Crippen LogP contribution in [0.4, 0.5) is 0 Å². The van der Waals surface area contributed by atoms with Crippen LogP contribution in [-0.4, -0.2) is 17.9 Å². The summed E-state index contributed by atoms with van der Waals surface area (Å²) in [6.45, 7) is 10.3. The lowest BCUT2D eigenvalue weighted by Crippen LogP contribution is -2.38. The molecule has 0 aliphatic heterocycles. The number of carbonyl (C=O) groups excluding carboxylic acids is 2. The predicted octanol–water partition coefficient (Wildman–Crippen LogP) is 3.77. The van der Waals surface area contributed by atoms with Crippen molar-refractivity contribution in [3.05, 3.63) is 12.7 Å². The minimum atomic E-state index is -0.604. The lowest BCUT2D eigenvalue weighted by atomic mass is 9.75. The highest BCUT2D eigenvalue weighted by molar-refractivity contribution is 6.01. The molecule has 2 rings (SSSR count). The predicted molar refractivity (Wildman–Crippen MR) is 82.6 cm³/mol. The van der Waals surface area contributed by atoms with Gasteiger partial charge in [-0.2, -0.15) is 0 Å². The van der Waals surface area contributed by atoms with Gasteiger partial charge in [0.05, 0.1) is 0 Å². The van der Waals surface area contributed by atoms with Gasteiger partial charge < -0.3 is 4.74 Å². The zero-order chi connectivity index (χ0) is 15.6. The maximum atomic E-state index is 12.5. The molecule has 118 valence electrons. The van der Waals surface area contributed by atoms with Gasteiger partial charge in [-0.25, -0.2) is 0 Å². The average Bonchev–Trinajstić information content (AvgIpc) is 2.79. The largest absolute Gasteiger partial charge is 0.462 e. The van der Waals surface area contributed by atoms with Crippen LogP contribution < -0.4 is 0 Å². The van der Waals surface area contributed by atoms with Gasteiger partial charge >= 0.3 is 5.97 Å². The van der Waals surface area contributed by atoms with E-state index in [4.69, 9.17) is 4.74 Å². The number of esters is 1. The molecule has 0 aromatic rings. The summed E-state index contributed by atoms with van der Waals surface area (Å²) in [6.07, 6.45) is 6.16. The first kappa shape index (κ1) is 16.3. The van der Waals surface area contributed by atoms with Crippen LogP contribution in [0.25, 0.3) is 0 Å². The maximum absolute atomic E-state index is 12.5. The van der Waals surface area contributed by atoms with E-state index in [0.717, 1.165) is 19.3 Å². The molecule has 0 saturated heterocycles. The Morgan fingerprint density at radius 1 is 1.33 bits per heavy atom. The number of ether oxygens (including phenoxy) is 1. The van der Waals surface area contributed by atoms with Gasteiger partial charge in [0.15, 0.2) is 0 Å². The smallest absolute Gasteiger partial charge is 0.317 e. The molecular weight excluding hydrogens is 264 g/mol. The zero-order valence-electron chi connectivity index (χ0n) is 13.5. The van der Waals surface area contributed by atoms with Gasteiger partial charge in [-0.1, -0.05) is 33.3 Å². The van der Waals surface area contributed by atoms with Crippen molar-refractivity contribution < 1.29 is 14.3 Å². The maximum Gasteiger partial charge on any atom is 0.317 e. The lowest BCUT2D eigenvalue weighted by Gasteiger charge is -2.37. The number of ketones is 1. The number of hydrogen-bond donors (Lipinski definition) is 0. The van der Waals surface area contributed by atoms with Crippen molar-refractivity contribution in [2.75, 3.05) is 0 Å². The average molecular weight is 292 g/mol. The first-order chi connectivity index (χ1) is 9.93. The lowest BCUT2D eigenvalue weighted by molar-refractivity contribution is -0.163. The van der Waals surface area contributed by atoms with E-state index in [1.807, 2.05) is 0 Å². The molecule has 0 N–H and O–H groups in total. The van der Waals surface area contributed by atoms with E-state index in [-0.39, 0.29) is 23.8 Å². The van der Waals surface area contributed by atoms with E-state index in [9.17, 15) is 9.59 Å². The topological polar surface area (TPSA) is 43.4 Å². The van der Waals surface area contributed by atoms with Crippen LogP contribution in [0.15, 0.2) is 12.7 Å². The van der Waals surface area contributed by atoms with Crippen LogP contribution in [0.5, 0.6) is 0 Å². The van der Waals surface area contributed by atoms with Gasteiger partial charge in [-0.05, 0) is 42.9 Å². The Hall–Kier alpha value is -1.12. The van der Waals surface area contributed by atoms with E-state index < -0.39 is 5.92 Å². The highest BCUT2D eigenvalue weighted by atomic mass is 16.5. The molecule has 0 aromatic heterocycles. The Labute approximate surface area is 128 Å². The molecule has 3 heteroatoms. The molecule has 0 heterocycles. The van der Waals surface area contributed by atoms with E-state index in [2.05, 4.69) is 27.4 Å². The molecule has 0 amide bonds. The van der Waals surface area contributed by atoms with Crippen LogP contribution in [0.1, 0.15) is 52.9 Å². The Bertz CT molecular complexity index is 413. The fraction of sp³-hybridized carbons (Fsp3) is 0.778. The van der Waals surface area contributed by atoms with Crippen molar-refractivity contribution in [2.45, 2.75) is 59.0 Å². The summed E-state index contributed by atoms with van der Waals surface area (Å²) in [4.78, 5) is 24.4. The van der Waals surface area contributed by atoms with Gasteiger partial charge in [0, 0.05) is 6.42 Å². The highest BCUT2D eigenvalue weighted by Gasteiger charge is 2.42. The Morgan fingerprint density at radius 3 is 2.67 bits per heavy atom. The third-order valence-electron chi connectivity index (χ3n) is 5.28. The second-order valence-electron chi connectivity index (χ2n) is 7.18. The van der Waals surface area contributed by atoms with Gasteiger partial charge in [0.2, 0.25) is 0 Å². The van der Waals surface area contributed by atoms with Crippen molar-refractivity contribution >= 4 is 11.8 Å². The van der Waals surface area contributed by atoms with Crippen LogP contribution in [-0.2, 0) is 14.3 Å². The quantitative estimate of drug-likeness (QED) is 0.450. The molecule has 2 aliphatic carbocycles. The summed E-state index contributed by atoms with van der Waals surface area (Å²) in [5.41, 5.74) is 0. The second kappa shape index (κ2) is 6.76. The first-order valence-corrected chi connectivity index (χ1v) is 8.29. The van der Waals surface area contributed by atoms with Gasteiger partial charge in [-0.3, -0.25) is 9.59 Å². The van der Waals surface area contributed by atoms with Crippen molar-refractivity contribution in [1.29, 1.82) is 0 Å². The summed E-state index contributed by atoms with van der Waals surface area (Å²) in [7, 11) is 0. The molecule has 0 bridgehead atoms. The Balaban J connectivity index is 2.05. The zero-order valence-corrected chi connectivity index (χ0v) is 13.5. The van der Waals surface area contributed by atoms with E-state index in [1.54, 1.807) is 6.08 Å². The second-order valence-corrected chi connectivity index (χ2v) is 7.18. The number of Topliss-reactive ketones (excluding diaryl/α,β-unsaturated/α-hetero) is 1. The van der Waals surface area contributed by atoms with Gasteiger partial charge in [-0.15, -0.1) is 6.58 Å². The number of hydrogen-bond acceptors (Lipinski definition) is 3. The van der Waals surface area contributed by atoms with Crippen LogP contribution >= 0.6 is 0 Å². The Morgan fingerprint density at radius 2 is 2.05 bits per heavy atom. The van der Waals surface area contributed by atoms with Crippen molar-refractivity contribution in [3.8, 4) is 0 Å². The molecule has 5 atom stereocenters. The SMILES string of the molecule is C=C[C@H]1CCC(=O)C1C(=O)O[C@H]1C[C@H](C)CC[C@H]1C(C)C. The number of allylic oxidation sites excluding steroid dienone is 1. The van der Waals surface area contributed by atoms with Gasteiger partial charge in [0.1, 0.15) is 17.8 Å². The van der Waals surface area contributed by atoms with Crippen LogP contribution in [0, 0.1) is 29.6 Å². The molecule has 3 nitrogen and oxygen atoms in total. The van der Waals surface area contributed by atoms with E-state index >= 15 is 0 Å². The highest BCUT2D eigenvalue weighted by Crippen LogP contribution is 2.37. The number of rotatable bonds is 4. The summed E-state index contributed by atoms with van der Waals surface area (Å²) in [6, 6.07) is 0. The van der Waals surface area contributed by atoms with Crippen LogP contribution in [0.3, 0.4) is 0 Å². The fourth-order valence-electron chi connectivity index (χ4n) is 3.90. The van der Waals surface area contributed by atoms with Crippen LogP contribution in [0.2, 0.25) is 0 Å². The minimum absolute atomic E-state index is 0.0230. The molecule has 2 aliphatic rings. The molecule has 2 saturated carbocycles. The molecule has 0 spiro atoms. The van der Waals surface area contributed by atoms with E-state index in [1.165, 1.54) is 6.42 Å². The Kier molecular flexibility index (Phi) is 5.23. The van der Waals surface area contributed by atoms with Crippen molar-refractivity contribution in [1.82, 2.24) is 0 Å². The molecular formula is C18H28O3. The third-order valence-corrected chi connectivity index (χ3v) is 5.28. The normalized spacial score (nSPS) is 36.8. The summed E-state index contributed by atoms with van der Waals surface area (Å²) in [5.74, 6) is 0.582. The summed E-state index contributed by atoms with van der Waals surface area (Å²) >= 11 is 0. The molecule has 0 aromatic carbocycles. The number of carbonyl (C=O) groups is 2. The molecule has 21 heavy (non-hydrogen) atoms. The monoisotopic (exact) mass is 292 g/mol. The standard InChI is InChI=1S/C18H28O3/c1-5-13-7-9-15(19)17(13)18(20)21-16-10-12(4)6-8-14(16)11(2)3/h5,11-14,16-17H,1,6-10H2,2-4H3/t12-,13+,14+,16+,17?/m1/s1. The molecule has 0 radical (unpaired) electrons. The summed E-state index contributed by atoms with van der Waals surface area (Å²) in [5, 5.41) is 0. The van der Waals surface area contributed by atoms with Gasteiger partial charge in [0.25, 0.3) is 0 Å². The van der Waals surface area contributed by atoms with Crippen molar-refractivity contribution in [2.24, 2.45) is 29.6 Å². The molecule has 1 unspecified atom stereocenters. The third kappa shape index (κ3) is 3.56. The van der Waals surface area contributed by atoms with Crippen molar-refractivity contribution in [3.63, 3.8) is 0 Å². The van der Waals surface area contributed by atoms with E-state index in [0.29, 0.717) is 24.2 Å². The molecule has 2 fully saturated rings. The first-order valence-electron chi connectivity index (χ1n) is 8.29. The minimum Gasteiger partial charge on any atom is -0.462 e. The fourth-order valence-corrected chi connectivity index (χ4v) is 3.90.